The summed E-state index contributed by atoms with van der Waals surface area (Å²) in [6, 6.07) is 14.5. The third kappa shape index (κ3) is 9.67. The normalized spacial score (nSPS) is 13.8. The van der Waals surface area contributed by atoms with Crippen LogP contribution < -0.4 is 16.0 Å². The fraction of sp³-hybridized carbons (Fsp3) is 0.464. The molecule has 2 aromatic rings. The summed E-state index contributed by atoms with van der Waals surface area (Å²) in [5.74, 6) is 6.92. The first-order valence-corrected chi connectivity index (χ1v) is 12.1. The van der Waals surface area contributed by atoms with Crippen LogP contribution in [0.1, 0.15) is 55.5 Å². The van der Waals surface area contributed by atoms with E-state index in [1.165, 1.54) is 25.0 Å². The van der Waals surface area contributed by atoms with E-state index in [2.05, 4.69) is 53.8 Å². The number of benzene rings is 2. The summed E-state index contributed by atoms with van der Waals surface area (Å²) < 4.78 is 14.2. The zero-order chi connectivity index (χ0) is 23.5. The van der Waals surface area contributed by atoms with Crippen LogP contribution in [0.5, 0.6) is 0 Å². The Balaban J connectivity index is 1.59. The topological polar surface area (TPSA) is 53.2 Å². The molecule has 0 bridgehead atoms. The summed E-state index contributed by atoms with van der Waals surface area (Å²) in [7, 11) is 0. The van der Waals surface area contributed by atoms with E-state index in [9.17, 15) is 9.18 Å². The van der Waals surface area contributed by atoms with Crippen LogP contribution in [0.2, 0.25) is 0 Å². The summed E-state index contributed by atoms with van der Waals surface area (Å²) in [4.78, 5) is 13.0. The van der Waals surface area contributed by atoms with Gasteiger partial charge in [-0.05, 0) is 68.3 Å². The molecule has 1 saturated carbocycles. The average molecular weight is 450 g/mol. The number of hydrogen-bond acceptors (Lipinski definition) is 3. The molecule has 176 valence electrons. The number of halogens is 1. The average Bonchev–Trinajstić information content (AvgIpc) is 3.60. The van der Waals surface area contributed by atoms with Crippen molar-refractivity contribution in [1.82, 2.24) is 10.6 Å². The summed E-state index contributed by atoms with van der Waals surface area (Å²) in [6.07, 6.45) is 4.92. The highest BCUT2D eigenvalue weighted by Crippen LogP contribution is 2.27. The van der Waals surface area contributed by atoms with E-state index in [4.69, 9.17) is 0 Å². The molecule has 0 radical (unpaired) electrons. The molecule has 0 spiro atoms. The lowest BCUT2D eigenvalue weighted by molar-refractivity contribution is 0.0934. The van der Waals surface area contributed by atoms with Crippen molar-refractivity contribution >= 4 is 11.6 Å². The molecule has 5 heteroatoms. The predicted molar refractivity (Wildman–Crippen MR) is 134 cm³/mol. The Hall–Kier alpha value is -2.84. The number of amides is 1. The SMILES string of the molecule is CC(C)CCNc1cc(F)cc(C(=O)N[C@H](CCNCC#CC2CC2)Cc2ccccc2)c1. The zero-order valence-corrected chi connectivity index (χ0v) is 19.8. The number of nitrogens with one attached hydrogen (secondary N) is 3. The first-order chi connectivity index (χ1) is 16.0. The van der Waals surface area contributed by atoms with Crippen LogP contribution in [0.3, 0.4) is 0 Å². The van der Waals surface area contributed by atoms with Crippen molar-refractivity contribution in [3.05, 3.63) is 65.5 Å². The zero-order valence-electron chi connectivity index (χ0n) is 19.8. The molecule has 3 rings (SSSR count). The van der Waals surface area contributed by atoms with Gasteiger partial charge in [0.15, 0.2) is 0 Å². The van der Waals surface area contributed by atoms with Gasteiger partial charge in [0, 0.05) is 29.8 Å². The molecule has 2 aromatic carbocycles. The van der Waals surface area contributed by atoms with Gasteiger partial charge in [-0.1, -0.05) is 56.0 Å². The van der Waals surface area contributed by atoms with Crippen LogP contribution in [0.25, 0.3) is 0 Å². The highest BCUT2D eigenvalue weighted by molar-refractivity contribution is 5.95. The number of hydrogen-bond donors (Lipinski definition) is 3. The second-order valence-electron chi connectivity index (χ2n) is 9.26. The molecular formula is C28H36FN3O. The Labute approximate surface area is 197 Å². The van der Waals surface area contributed by atoms with Gasteiger partial charge in [0.25, 0.3) is 5.91 Å². The fourth-order valence-electron chi connectivity index (χ4n) is 3.57. The molecule has 1 fully saturated rings. The van der Waals surface area contributed by atoms with Crippen LogP contribution in [-0.4, -0.2) is 31.6 Å². The maximum Gasteiger partial charge on any atom is 0.251 e. The van der Waals surface area contributed by atoms with Crippen molar-refractivity contribution in [1.29, 1.82) is 0 Å². The Morgan fingerprint density at radius 2 is 1.88 bits per heavy atom. The summed E-state index contributed by atoms with van der Waals surface area (Å²) >= 11 is 0. The highest BCUT2D eigenvalue weighted by Gasteiger charge is 2.18. The Bertz CT molecular complexity index is 945. The molecule has 1 amide bonds. The maximum atomic E-state index is 14.2. The van der Waals surface area contributed by atoms with Gasteiger partial charge in [0.1, 0.15) is 5.82 Å². The number of anilines is 1. The first kappa shape index (κ1) is 24.8. The van der Waals surface area contributed by atoms with Crippen LogP contribution >= 0.6 is 0 Å². The quantitative estimate of drug-likeness (QED) is 0.315. The molecule has 0 aliphatic heterocycles. The molecule has 1 aliphatic rings. The number of rotatable bonds is 12. The minimum Gasteiger partial charge on any atom is -0.385 e. The monoisotopic (exact) mass is 449 g/mol. The van der Waals surface area contributed by atoms with Crippen LogP contribution in [0, 0.1) is 29.5 Å². The minimum absolute atomic E-state index is 0.0654. The van der Waals surface area contributed by atoms with Crippen molar-refractivity contribution in [3.8, 4) is 11.8 Å². The fourth-order valence-corrected chi connectivity index (χ4v) is 3.57. The van der Waals surface area contributed by atoms with Crippen molar-refractivity contribution in [3.63, 3.8) is 0 Å². The van der Waals surface area contributed by atoms with Gasteiger partial charge < -0.3 is 16.0 Å². The van der Waals surface area contributed by atoms with Gasteiger partial charge >= 0.3 is 0 Å². The van der Waals surface area contributed by atoms with Crippen molar-refractivity contribution in [2.45, 2.75) is 52.0 Å². The van der Waals surface area contributed by atoms with E-state index in [-0.39, 0.29) is 11.9 Å². The van der Waals surface area contributed by atoms with E-state index in [0.29, 0.717) is 29.6 Å². The maximum absolute atomic E-state index is 14.2. The molecule has 1 aliphatic carbocycles. The molecule has 33 heavy (non-hydrogen) atoms. The lowest BCUT2D eigenvalue weighted by Gasteiger charge is -2.20. The van der Waals surface area contributed by atoms with E-state index < -0.39 is 5.82 Å². The van der Waals surface area contributed by atoms with E-state index in [1.807, 2.05) is 18.2 Å². The Morgan fingerprint density at radius 3 is 2.61 bits per heavy atom. The van der Waals surface area contributed by atoms with Crippen LogP contribution in [-0.2, 0) is 6.42 Å². The molecule has 0 unspecified atom stereocenters. The van der Waals surface area contributed by atoms with Gasteiger partial charge in [-0.3, -0.25) is 4.79 Å². The van der Waals surface area contributed by atoms with Crippen molar-refractivity contribution in [2.24, 2.45) is 11.8 Å². The second-order valence-corrected chi connectivity index (χ2v) is 9.26. The Morgan fingerprint density at radius 1 is 1.09 bits per heavy atom. The summed E-state index contributed by atoms with van der Waals surface area (Å²) in [6.45, 7) is 6.45. The summed E-state index contributed by atoms with van der Waals surface area (Å²) in [5, 5.41) is 9.70. The van der Waals surface area contributed by atoms with Gasteiger partial charge in [-0.15, -0.1) is 0 Å². The molecular weight excluding hydrogens is 413 g/mol. The van der Waals surface area contributed by atoms with Gasteiger partial charge in [-0.25, -0.2) is 4.39 Å². The van der Waals surface area contributed by atoms with Gasteiger partial charge in [0.2, 0.25) is 0 Å². The van der Waals surface area contributed by atoms with Crippen molar-refractivity contribution < 1.29 is 9.18 Å². The summed E-state index contributed by atoms with van der Waals surface area (Å²) in [5.41, 5.74) is 2.13. The number of carbonyl (C=O) groups is 1. The van der Waals surface area contributed by atoms with Gasteiger partial charge in [0.05, 0.1) is 6.54 Å². The highest BCUT2D eigenvalue weighted by atomic mass is 19.1. The molecule has 0 saturated heterocycles. The lowest BCUT2D eigenvalue weighted by atomic mass is 10.0. The van der Waals surface area contributed by atoms with E-state index in [1.54, 1.807) is 6.07 Å². The predicted octanol–water partition coefficient (Wildman–Crippen LogP) is 5.02. The molecule has 4 nitrogen and oxygen atoms in total. The first-order valence-electron chi connectivity index (χ1n) is 12.1. The smallest absolute Gasteiger partial charge is 0.251 e. The standard InChI is InChI=1S/C28H36FN3O/c1-21(2)12-16-31-27-19-24(18-25(29)20-27)28(33)32-26(17-23-7-4-3-5-8-23)13-15-30-14-6-9-22-10-11-22/h3-5,7-8,18-22,26,30-31H,10-17H2,1-2H3,(H,32,33)/t26-/m1/s1. The third-order valence-corrected chi connectivity index (χ3v) is 5.64. The van der Waals surface area contributed by atoms with E-state index >= 15 is 0 Å². The molecule has 3 N–H and O–H groups in total. The Kier molecular flexibility index (Phi) is 9.77. The third-order valence-electron chi connectivity index (χ3n) is 5.64. The largest absolute Gasteiger partial charge is 0.385 e. The minimum atomic E-state index is -0.412. The lowest BCUT2D eigenvalue weighted by Crippen LogP contribution is -2.38. The van der Waals surface area contributed by atoms with E-state index in [0.717, 1.165) is 37.9 Å². The second kappa shape index (κ2) is 13.0. The van der Waals surface area contributed by atoms with Crippen LogP contribution in [0.4, 0.5) is 10.1 Å². The molecule has 1 atom stereocenters. The van der Waals surface area contributed by atoms with Crippen LogP contribution in [0.15, 0.2) is 48.5 Å². The van der Waals surface area contributed by atoms with Crippen molar-refractivity contribution in [2.75, 3.05) is 25.0 Å². The van der Waals surface area contributed by atoms with Gasteiger partial charge in [-0.2, -0.15) is 0 Å². The molecule has 0 heterocycles. The number of carbonyl (C=O) groups excluding carboxylic acids is 1. The molecule has 0 aromatic heterocycles.